The Morgan fingerprint density at radius 1 is 1.20 bits per heavy atom. The molecule has 0 unspecified atom stereocenters. The minimum Gasteiger partial charge on any atom is -0.354 e. The first kappa shape index (κ1) is 14.8. The second kappa shape index (κ2) is 6.71. The van der Waals surface area contributed by atoms with Crippen molar-refractivity contribution in [1.29, 1.82) is 0 Å². The third-order valence-corrected chi connectivity index (χ3v) is 3.58. The largest absolute Gasteiger partial charge is 0.354 e. The van der Waals surface area contributed by atoms with E-state index >= 15 is 0 Å². The van der Waals surface area contributed by atoms with Crippen LogP contribution in [0, 0.1) is 0 Å². The number of pyridine rings is 1. The van der Waals surface area contributed by atoms with Crippen LogP contribution in [0.4, 0.5) is 5.82 Å². The molecule has 3 heteroatoms. The summed E-state index contributed by atoms with van der Waals surface area (Å²) < 4.78 is 0. The predicted octanol–water partition coefficient (Wildman–Crippen LogP) is 3.58. The SMILES string of the molecule is CCNCc1cc2ccccc2nc1N(CC)C(C)C. The van der Waals surface area contributed by atoms with Gasteiger partial charge in [-0.2, -0.15) is 0 Å². The fourth-order valence-corrected chi connectivity index (χ4v) is 2.55. The summed E-state index contributed by atoms with van der Waals surface area (Å²) in [6, 6.07) is 11.1. The summed E-state index contributed by atoms with van der Waals surface area (Å²) in [7, 11) is 0. The first-order valence-electron chi connectivity index (χ1n) is 7.53. The second-order valence-electron chi connectivity index (χ2n) is 5.32. The molecule has 1 aromatic carbocycles. The van der Waals surface area contributed by atoms with Gasteiger partial charge in [0.15, 0.2) is 0 Å². The van der Waals surface area contributed by atoms with Crippen LogP contribution in [0.2, 0.25) is 0 Å². The highest BCUT2D eigenvalue weighted by molar-refractivity contribution is 5.81. The molecule has 1 heterocycles. The van der Waals surface area contributed by atoms with Gasteiger partial charge in [0.1, 0.15) is 5.82 Å². The normalized spacial score (nSPS) is 11.2. The Balaban J connectivity index is 2.52. The zero-order valence-corrected chi connectivity index (χ0v) is 13.0. The van der Waals surface area contributed by atoms with Crippen LogP contribution < -0.4 is 10.2 Å². The van der Waals surface area contributed by atoms with E-state index in [1.165, 1.54) is 10.9 Å². The average Bonchev–Trinajstić information content (AvgIpc) is 2.45. The van der Waals surface area contributed by atoms with Crippen molar-refractivity contribution in [2.24, 2.45) is 0 Å². The fourth-order valence-electron chi connectivity index (χ4n) is 2.55. The summed E-state index contributed by atoms with van der Waals surface area (Å²) in [6.45, 7) is 11.6. The molecule has 3 nitrogen and oxygen atoms in total. The maximum Gasteiger partial charge on any atom is 0.134 e. The Morgan fingerprint density at radius 3 is 2.60 bits per heavy atom. The molecule has 0 fully saturated rings. The molecule has 20 heavy (non-hydrogen) atoms. The minimum absolute atomic E-state index is 0.453. The van der Waals surface area contributed by atoms with Crippen LogP contribution in [-0.2, 0) is 6.54 Å². The quantitative estimate of drug-likeness (QED) is 0.870. The molecular formula is C17H25N3. The number of hydrogen-bond donors (Lipinski definition) is 1. The number of fused-ring (bicyclic) bond motifs is 1. The van der Waals surface area contributed by atoms with Crippen molar-refractivity contribution in [2.45, 2.75) is 40.3 Å². The smallest absolute Gasteiger partial charge is 0.134 e. The second-order valence-corrected chi connectivity index (χ2v) is 5.32. The standard InChI is InChI=1S/C17H25N3/c1-5-18-12-15-11-14-9-7-8-10-16(14)19-17(15)20(6-2)13(3)4/h7-11,13,18H,5-6,12H2,1-4H3. The Morgan fingerprint density at radius 2 is 1.95 bits per heavy atom. The van der Waals surface area contributed by atoms with Crippen molar-refractivity contribution in [1.82, 2.24) is 10.3 Å². The van der Waals surface area contributed by atoms with E-state index in [1.54, 1.807) is 0 Å². The number of aromatic nitrogens is 1. The van der Waals surface area contributed by atoms with E-state index in [0.29, 0.717) is 6.04 Å². The van der Waals surface area contributed by atoms with Crippen molar-refractivity contribution in [3.8, 4) is 0 Å². The van der Waals surface area contributed by atoms with Crippen molar-refractivity contribution in [2.75, 3.05) is 18.0 Å². The number of hydrogen-bond acceptors (Lipinski definition) is 3. The number of nitrogens with one attached hydrogen (secondary N) is 1. The Hall–Kier alpha value is -1.61. The van der Waals surface area contributed by atoms with Gasteiger partial charge in [0.25, 0.3) is 0 Å². The van der Waals surface area contributed by atoms with Crippen LogP contribution >= 0.6 is 0 Å². The molecule has 0 bridgehead atoms. The molecule has 0 saturated heterocycles. The van der Waals surface area contributed by atoms with Gasteiger partial charge < -0.3 is 10.2 Å². The summed E-state index contributed by atoms with van der Waals surface area (Å²) in [5.41, 5.74) is 2.35. The third kappa shape index (κ3) is 3.10. The van der Waals surface area contributed by atoms with Gasteiger partial charge >= 0.3 is 0 Å². The monoisotopic (exact) mass is 271 g/mol. The van der Waals surface area contributed by atoms with Gasteiger partial charge in [-0.3, -0.25) is 0 Å². The predicted molar refractivity (Wildman–Crippen MR) is 87.3 cm³/mol. The molecule has 0 aliphatic rings. The lowest BCUT2D eigenvalue weighted by Crippen LogP contribution is -2.32. The van der Waals surface area contributed by atoms with Crippen LogP contribution in [0.1, 0.15) is 33.3 Å². The summed E-state index contributed by atoms with van der Waals surface area (Å²) in [5.74, 6) is 1.11. The summed E-state index contributed by atoms with van der Waals surface area (Å²) in [4.78, 5) is 7.27. The topological polar surface area (TPSA) is 28.2 Å². The maximum absolute atomic E-state index is 4.91. The fraction of sp³-hybridized carbons (Fsp3) is 0.471. The molecule has 0 radical (unpaired) electrons. The van der Waals surface area contributed by atoms with Crippen molar-refractivity contribution < 1.29 is 0 Å². The highest BCUT2D eigenvalue weighted by atomic mass is 15.2. The maximum atomic E-state index is 4.91. The molecule has 0 aliphatic heterocycles. The first-order valence-corrected chi connectivity index (χ1v) is 7.53. The Labute approximate surface area is 122 Å². The zero-order valence-electron chi connectivity index (χ0n) is 13.0. The lowest BCUT2D eigenvalue weighted by Gasteiger charge is -2.29. The lowest BCUT2D eigenvalue weighted by molar-refractivity contribution is 0.675. The van der Waals surface area contributed by atoms with E-state index in [1.807, 2.05) is 0 Å². The van der Waals surface area contributed by atoms with E-state index in [4.69, 9.17) is 4.98 Å². The van der Waals surface area contributed by atoms with E-state index in [2.05, 4.69) is 68.2 Å². The van der Waals surface area contributed by atoms with Crippen LogP contribution in [0.25, 0.3) is 10.9 Å². The van der Waals surface area contributed by atoms with Crippen LogP contribution in [-0.4, -0.2) is 24.1 Å². The van der Waals surface area contributed by atoms with E-state index in [0.717, 1.165) is 31.0 Å². The molecule has 1 N–H and O–H groups in total. The van der Waals surface area contributed by atoms with Gasteiger partial charge in [0.2, 0.25) is 0 Å². The Kier molecular flexibility index (Phi) is 4.96. The molecule has 2 rings (SSSR count). The van der Waals surface area contributed by atoms with Crippen LogP contribution in [0.15, 0.2) is 30.3 Å². The number of para-hydroxylation sites is 1. The highest BCUT2D eigenvalue weighted by Crippen LogP contribution is 2.25. The molecular weight excluding hydrogens is 246 g/mol. The number of anilines is 1. The van der Waals surface area contributed by atoms with Crippen molar-refractivity contribution in [3.63, 3.8) is 0 Å². The molecule has 108 valence electrons. The molecule has 0 amide bonds. The molecule has 0 saturated carbocycles. The Bertz CT molecular complexity index is 563. The number of benzene rings is 1. The summed E-state index contributed by atoms with van der Waals surface area (Å²) in [6.07, 6.45) is 0. The molecule has 2 aromatic rings. The van der Waals surface area contributed by atoms with E-state index in [-0.39, 0.29) is 0 Å². The van der Waals surface area contributed by atoms with Crippen LogP contribution in [0.5, 0.6) is 0 Å². The van der Waals surface area contributed by atoms with Gasteiger partial charge in [-0.1, -0.05) is 25.1 Å². The highest BCUT2D eigenvalue weighted by Gasteiger charge is 2.15. The van der Waals surface area contributed by atoms with E-state index in [9.17, 15) is 0 Å². The van der Waals surface area contributed by atoms with Gasteiger partial charge in [0, 0.05) is 30.1 Å². The average molecular weight is 271 g/mol. The van der Waals surface area contributed by atoms with Crippen LogP contribution in [0.3, 0.4) is 0 Å². The zero-order chi connectivity index (χ0) is 14.5. The molecule has 1 aromatic heterocycles. The summed E-state index contributed by atoms with van der Waals surface area (Å²) in [5, 5.41) is 4.63. The van der Waals surface area contributed by atoms with Crippen molar-refractivity contribution in [3.05, 3.63) is 35.9 Å². The molecule has 0 aliphatic carbocycles. The van der Waals surface area contributed by atoms with E-state index < -0.39 is 0 Å². The number of nitrogens with zero attached hydrogens (tertiary/aromatic N) is 2. The lowest BCUT2D eigenvalue weighted by atomic mass is 10.1. The minimum atomic E-state index is 0.453. The molecule has 0 atom stereocenters. The first-order chi connectivity index (χ1) is 9.67. The van der Waals surface area contributed by atoms with Gasteiger partial charge in [0.05, 0.1) is 5.52 Å². The van der Waals surface area contributed by atoms with Gasteiger partial charge in [-0.05, 0) is 39.4 Å². The molecule has 0 spiro atoms. The van der Waals surface area contributed by atoms with Gasteiger partial charge in [-0.15, -0.1) is 0 Å². The number of rotatable bonds is 6. The summed E-state index contributed by atoms with van der Waals surface area (Å²) >= 11 is 0. The third-order valence-electron chi connectivity index (χ3n) is 3.58. The van der Waals surface area contributed by atoms with Crippen molar-refractivity contribution >= 4 is 16.7 Å². The van der Waals surface area contributed by atoms with Gasteiger partial charge in [-0.25, -0.2) is 4.98 Å².